The van der Waals surface area contributed by atoms with Gasteiger partial charge < -0.3 is 10.8 Å². The van der Waals surface area contributed by atoms with Crippen LogP contribution in [0, 0.1) is 40.9 Å². The lowest BCUT2D eigenvalue weighted by Crippen LogP contribution is -2.72. The van der Waals surface area contributed by atoms with Gasteiger partial charge in [-0.3, -0.25) is 4.79 Å². The second-order valence-electron chi connectivity index (χ2n) is 8.16. The van der Waals surface area contributed by atoms with Crippen LogP contribution in [0.25, 0.3) is 0 Å². The molecule has 0 atom stereocenters. The van der Waals surface area contributed by atoms with Gasteiger partial charge in [-0.2, -0.15) is 0 Å². The third kappa shape index (κ3) is 0.910. The van der Waals surface area contributed by atoms with E-state index in [1.807, 2.05) is 0 Å². The molecule has 18 heavy (non-hydrogen) atoms. The minimum atomic E-state index is -0.502. The predicted octanol–water partition coefficient (Wildman–Crippen LogP) is 1.86. The van der Waals surface area contributed by atoms with Crippen LogP contribution in [0.4, 0.5) is 0 Å². The topological polar surface area (TPSA) is 63.3 Å². The minimum Gasteiger partial charge on any atom is -0.481 e. The summed E-state index contributed by atoms with van der Waals surface area (Å²) in [6.07, 6.45) is 6.47. The first-order valence-electron chi connectivity index (χ1n) is 7.54. The molecular weight excluding hydrogens is 226 g/mol. The summed E-state index contributed by atoms with van der Waals surface area (Å²) in [4.78, 5) is 11.7. The molecule has 0 aliphatic heterocycles. The fourth-order valence-corrected chi connectivity index (χ4v) is 7.25. The summed E-state index contributed by atoms with van der Waals surface area (Å²) in [7, 11) is 0. The van der Waals surface area contributed by atoms with E-state index in [0.717, 1.165) is 37.0 Å². The van der Waals surface area contributed by atoms with Crippen molar-refractivity contribution in [3.8, 4) is 0 Å². The molecule has 0 amide bonds. The van der Waals surface area contributed by atoms with Crippen molar-refractivity contribution in [2.75, 3.05) is 0 Å². The Morgan fingerprint density at radius 2 is 1.17 bits per heavy atom. The monoisotopic (exact) mass is 247 g/mol. The first kappa shape index (κ1) is 10.2. The van der Waals surface area contributed by atoms with E-state index >= 15 is 0 Å². The van der Waals surface area contributed by atoms with Crippen LogP contribution < -0.4 is 5.73 Å². The molecule has 7 aliphatic carbocycles. The first-order valence-corrected chi connectivity index (χ1v) is 7.54. The van der Waals surface area contributed by atoms with E-state index in [-0.39, 0.29) is 11.0 Å². The quantitative estimate of drug-likeness (QED) is 0.743. The van der Waals surface area contributed by atoms with Gasteiger partial charge in [-0.05, 0) is 74.0 Å². The van der Waals surface area contributed by atoms with Crippen LogP contribution in [0.5, 0.6) is 0 Å². The highest BCUT2D eigenvalue weighted by Crippen LogP contribution is 2.74. The highest BCUT2D eigenvalue weighted by atomic mass is 16.4. The van der Waals surface area contributed by atoms with E-state index in [1.165, 1.54) is 19.3 Å². The van der Waals surface area contributed by atoms with Crippen LogP contribution in [0.2, 0.25) is 0 Å². The van der Waals surface area contributed by atoms with Crippen molar-refractivity contribution >= 4 is 5.97 Å². The molecule has 0 saturated heterocycles. The lowest BCUT2D eigenvalue weighted by atomic mass is 9.32. The van der Waals surface area contributed by atoms with Crippen molar-refractivity contribution in [3.63, 3.8) is 0 Å². The van der Waals surface area contributed by atoms with Crippen LogP contribution in [0.15, 0.2) is 0 Å². The molecule has 7 saturated carbocycles. The van der Waals surface area contributed by atoms with Gasteiger partial charge in [0.05, 0.1) is 5.41 Å². The molecule has 0 aromatic rings. The van der Waals surface area contributed by atoms with Crippen LogP contribution in [0.3, 0.4) is 0 Å². The van der Waals surface area contributed by atoms with Gasteiger partial charge in [-0.1, -0.05) is 0 Å². The van der Waals surface area contributed by atoms with Crippen molar-refractivity contribution in [1.82, 2.24) is 0 Å². The molecule has 0 radical (unpaired) electrons. The number of carbonyl (C=O) groups is 1. The third-order valence-corrected chi connectivity index (χ3v) is 7.56. The molecule has 7 rings (SSSR count). The number of nitrogens with two attached hydrogens (primary N) is 1. The van der Waals surface area contributed by atoms with E-state index in [0.29, 0.717) is 17.8 Å². The van der Waals surface area contributed by atoms with Crippen molar-refractivity contribution in [2.24, 2.45) is 46.7 Å². The number of carboxylic acids is 1. The second-order valence-corrected chi connectivity index (χ2v) is 8.16. The maximum atomic E-state index is 11.7. The summed E-state index contributed by atoms with van der Waals surface area (Å²) >= 11 is 0. The normalized spacial score (nSPS) is 66.7. The summed E-state index contributed by atoms with van der Waals surface area (Å²) in [5.74, 6) is 3.92. The van der Waals surface area contributed by atoms with Gasteiger partial charge in [0.25, 0.3) is 0 Å². The SMILES string of the molecule is NC12CC3C4CC5(C(=O)O)CC3C(C1)C(C5)C4C2. The highest BCUT2D eigenvalue weighted by molar-refractivity contribution is 5.75. The number of aliphatic carboxylic acids is 1. The molecule has 0 aromatic heterocycles. The molecule has 0 heterocycles. The second kappa shape index (κ2) is 2.65. The van der Waals surface area contributed by atoms with Gasteiger partial charge >= 0.3 is 5.97 Å². The van der Waals surface area contributed by atoms with Gasteiger partial charge in [0, 0.05) is 5.54 Å². The zero-order valence-corrected chi connectivity index (χ0v) is 10.6. The van der Waals surface area contributed by atoms with Crippen molar-refractivity contribution in [3.05, 3.63) is 0 Å². The van der Waals surface area contributed by atoms with Gasteiger partial charge in [-0.25, -0.2) is 0 Å². The van der Waals surface area contributed by atoms with Crippen LogP contribution in [-0.2, 0) is 4.79 Å². The van der Waals surface area contributed by atoms with E-state index < -0.39 is 5.97 Å². The van der Waals surface area contributed by atoms with Crippen molar-refractivity contribution in [2.45, 2.75) is 44.1 Å². The molecule has 0 unspecified atom stereocenters. The Labute approximate surface area is 107 Å². The third-order valence-electron chi connectivity index (χ3n) is 7.56. The molecular formula is C15H21NO2. The largest absolute Gasteiger partial charge is 0.481 e. The van der Waals surface area contributed by atoms with Crippen LogP contribution in [-0.4, -0.2) is 16.6 Å². The molecule has 3 heteroatoms. The average Bonchev–Trinajstić information content (AvgIpc) is 2.33. The summed E-state index contributed by atoms with van der Waals surface area (Å²) in [5, 5.41) is 9.67. The number of carboxylic acid groups (broad SMARTS) is 1. The van der Waals surface area contributed by atoms with E-state index in [1.54, 1.807) is 0 Å². The minimum absolute atomic E-state index is 0.129. The predicted molar refractivity (Wildman–Crippen MR) is 65.6 cm³/mol. The summed E-state index contributed by atoms with van der Waals surface area (Å²) in [6, 6.07) is 0. The van der Waals surface area contributed by atoms with E-state index in [2.05, 4.69) is 0 Å². The van der Waals surface area contributed by atoms with Crippen molar-refractivity contribution in [1.29, 1.82) is 0 Å². The number of rotatable bonds is 1. The van der Waals surface area contributed by atoms with E-state index in [4.69, 9.17) is 5.73 Å². The molecule has 0 spiro atoms. The van der Waals surface area contributed by atoms with Crippen LogP contribution >= 0.6 is 0 Å². The fraction of sp³-hybridized carbons (Fsp3) is 0.933. The molecule has 7 aliphatic rings. The van der Waals surface area contributed by atoms with Gasteiger partial charge in [0.2, 0.25) is 0 Å². The molecule has 3 nitrogen and oxygen atoms in total. The van der Waals surface area contributed by atoms with Gasteiger partial charge in [0.1, 0.15) is 0 Å². The summed E-state index contributed by atoms with van der Waals surface area (Å²) in [5.41, 5.74) is 6.37. The molecule has 8 bridgehead atoms. The molecule has 98 valence electrons. The molecule has 0 aromatic carbocycles. The molecule has 3 N–H and O–H groups in total. The number of hydrogen-bond donors (Lipinski definition) is 2. The maximum Gasteiger partial charge on any atom is 0.309 e. The Kier molecular flexibility index (Phi) is 1.51. The highest BCUT2D eigenvalue weighted by Gasteiger charge is 2.71. The first-order chi connectivity index (χ1) is 8.51. The fourth-order valence-electron chi connectivity index (χ4n) is 7.25. The van der Waals surface area contributed by atoms with E-state index in [9.17, 15) is 9.90 Å². The zero-order chi connectivity index (χ0) is 12.3. The van der Waals surface area contributed by atoms with Gasteiger partial charge in [0.15, 0.2) is 0 Å². The average molecular weight is 247 g/mol. The van der Waals surface area contributed by atoms with Crippen LogP contribution in [0.1, 0.15) is 38.5 Å². The lowest BCUT2D eigenvalue weighted by Gasteiger charge is -2.73. The molecule has 7 fully saturated rings. The Morgan fingerprint density at radius 1 is 0.833 bits per heavy atom. The van der Waals surface area contributed by atoms with Crippen molar-refractivity contribution < 1.29 is 9.90 Å². The Balaban J connectivity index is 1.64. The summed E-state index contributed by atoms with van der Waals surface area (Å²) < 4.78 is 0. The smallest absolute Gasteiger partial charge is 0.309 e. The Bertz CT molecular complexity index is 394. The zero-order valence-electron chi connectivity index (χ0n) is 10.6. The summed E-state index contributed by atoms with van der Waals surface area (Å²) in [6.45, 7) is 0. The Morgan fingerprint density at radius 3 is 1.50 bits per heavy atom. The maximum absolute atomic E-state index is 11.7. The Hall–Kier alpha value is -0.570. The number of hydrogen-bond acceptors (Lipinski definition) is 2. The van der Waals surface area contributed by atoms with Gasteiger partial charge in [-0.15, -0.1) is 0 Å². The lowest BCUT2D eigenvalue weighted by molar-refractivity contribution is -0.240. The standard InChI is InChI=1S/C15H21NO2/c16-15-4-10-7-1-14(13(17)18)2-8(10)12(6-15)9(3-14)11(7)5-15/h7-12H,1-6,16H2,(H,17,18).